The highest BCUT2D eigenvalue weighted by molar-refractivity contribution is 7.92. The lowest BCUT2D eigenvalue weighted by atomic mass is 10.0. The van der Waals surface area contributed by atoms with Gasteiger partial charge in [-0.1, -0.05) is 30.3 Å². The van der Waals surface area contributed by atoms with E-state index in [9.17, 15) is 13.2 Å². The van der Waals surface area contributed by atoms with Crippen molar-refractivity contribution in [2.24, 2.45) is 0 Å². The van der Waals surface area contributed by atoms with Gasteiger partial charge in [0.25, 0.3) is 15.9 Å². The van der Waals surface area contributed by atoms with Crippen LogP contribution in [0.3, 0.4) is 0 Å². The van der Waals surface area contributed by atoms with Gasteiger partial charge in [0.2, 0.25) is 0 Å². The van der Waals surface area contributed by atoms with Crippen molar-refractivity contribution in [1.29, 1.82) is 0 Å². The predicted molar refractivity (Wildman–Crippen MR) is 129 cm³/mol. The molecule has 1 fully saturated rings. The maximum atomic E-state index is 13.2. The van der Waals surface area contributed by atoms with Crippen molar-refractivity contribution in [3.8, 4) is 5.75 Å². The van der Waals surface area contributed by atoms with E-state index in [4.69, 9.17) is 4.74 Å². The Hall–Kier alpha value is -3.32. The molecule has 1 N–H and O–H groups in total. The van der Waals surface area contributed by atoms with Crippen LogP contribution in [-0.2, 0) is 16.4 Å². The highest BCUT2D eigenvalue weighted by atomic mass is 32.2. The van der Waals surface area contributed by atoms with Gasteiger partial charge in [-0.3, -0.25) is 9.52 Å². The maximum Gasteiger partial charge on any atom is 0.261 e. The molecule has 0 spiro atoms. The fraction of sp³-hybridized carbons (Fsp3) is 0.269. The molecule has 33 heavy (non-hydrogen) atoms. The van der Waals surface area contributed by atoms with Crippen molar-refractivity contribution < 1.29 is 17.9 Å². The Balaban J connectivity index is 1.47. The van der Waals surface area contributed by atoms with Crippen LogP contribution < -0.4 is 9.46 Å². The standard InChI is InChI=1S/C26H28N2O4S/c1-19-7-3-4-11-25(19)27-33(30,31)24-14-12-21(13-15-24)26(29)28-16-6-9-22(28)17-20-8-5-10-23(18-20)32-2/h3-5,7-8,10-15,18,22,27H,6,9,16-17H2,1-2H3. The van der Waals surface area contributed by atoms with E-state index >= 15 is 0 Å². The van der Waals surface area contributed by atoms with E-state index < -0.39 is 10.0 Å². The molecule has 1 heterocycles. The largest absolute Gasteiger partial charge is 0.497 e. The van der Waals surface area contributed by atoms with E-state index in [1.54, 1.807) is 31.4 Å². The van der Waals surface area contributed by atoms with Crippen molar-refractivity contribution >= 4 is 21.6 Å². The maximum absolute atomic E-state index is 13.2. The number of amides is 1. The Labute approximate surface area is 195 Å². The first-order valence-corrected chi connectivity index (χ1v) is 12.5. The van der Waals surface area contributed by atoms with Crippen LogP contribution >= 0.6 is 0 Å². The van der Waals surface area contributed by atoms with Crippen molar-refractivity contribution in [1.82, 2.24) is 4.90 Å². The second-order valence-corrected chi connectivity index (χ2v) is 9.98. The summed E-state index contributed by atoms with van der Waals surface area (Å²) in [6.45, 7) is 2.54. The molecule has 1 saturated heterocycles. The van der Waals surface area contributed by atoms with Crippen LogP contribution in [0.5, 0.6) is 5.75 Å². The second kappa shape index (κ2) is 9.67. The first-order valence-electron chi connectivity index (χ1n) is 11.0. The number of methoxy groups -OCH3 is 1. The number of nitrogens with zero attached hydrogens (tertiary/aromatic N) is 1. The first-order chi connectivity index (χ1) is 15.9. The number of carbonyl (C=O) groups excluding carboxylic acids is 1. The molecule has 0 aliphatic carbocycles. The fourth-order valence-electron chi connectivity index (χ4n) is 4.22. The molecule has 1 atom stereocenters. The molecular formula is C26H28N2O4S. The zero-order valence-corrected chi connectivity index (χ0v) is 19.6. The normalized spacial score (nSPS) is 15.9. The number of carbonyl (C=O) groups is 1. The lowest BCUT2D eigenvalue weighted by Gasteiger charge is -2.25. The molecule has 172 valence electrons. The van der Waals surface area contributed by atoms with E-state index in [-0.39, 0.29) is 16.8 Å². The molecule has 0 bridgehead atoms. The third-order valence-electron chi connectivity index (χ3n) is 6.04. The number of sulfonamides is 1. The molecule has 7 heteroatoms. The third-order valence-corrected chi connectivity index (χ3v) is 7.43. The van der Waals surface area contributed by atoms with Crippen molar-refractivity contribution in [2.75, 3.05) is 18.4 Å². The van der Waals surface area contributed by atoms with Crippen molar-refractivity contribution in [3.63, 3.8) is 0 Å². The van der Waals surface area contributed by atoms with Gasteiger partial charge in [-0.05, 0) is 79.8 Å². The van der Waals surface area contributed by atoms with Crippen molar-refractivity contribution in [2.45, 2.75) is 37.1 Å². The van der Waals surface area contributed by atoms with Crippen LogP contribution in [0.2, 0.25) is 0 Å². The third kappa shape index (κ3) is 5.20. The Kier molecular flexibility index (Phi) is 6.70. The Morgan fingerprint density at radius 3 is 2.55 bits per heavy atom. The summed E-state index contributed by atoms with van der Waals surface area (Å²) < 4.78 is 33.5. The minimum Gasteiger partial charge on any atom is -0.497 e. The molecule has 3 aromatic carbocycles. The number of hydrogen-bond donors (Lipinski definition) is 1. The Bertz CT molecular complexity index is 1240. The minimum absolute atomic E-state index is 0.0730. The van der Waals surface area contributed by atoms with Crippen LogP contribution in [0.4, 0.5) is 5.69 Å². The minimum atomic E-state index is -3.74. The summed E-state index contributed by atoms with van der Waals surface area (Å²) in [5.74, 6) is 0.732. The number of ether oxygens (including phenoxy) is 1. The molecule has 1 unspecified atom stereocenters. The summed E-state index contributed by atoms with van der Waals surface area (Å²) in [7, 11) is -2.10. The predicted octanol–water partition coefficient (Wildman–Crippen LogP) is 4.65. The van der Waals surface area contributed by atoms with Gasteiger partial charge in [0.15, 0.2) is 0 Å². The summed E-state index contributed by atoms with van der Waals surface area (Å²) in [5, 5.41) is 0. The molecule has 4 rings (SSSR count). The van der Waals surface area contributed by atoms with Gasteiger partial charge in [0.1, 0.15) is 5.75 Å². The molecule has 3 aromatic rings. The summed E-state index contributed by atoms with van der Waals surface area (Å²) in [4.78, 5) is 15.2. The lowest BCUT2D eigenvalue weighted by molar-refractivity contribution is 0.0736. The molecular weight excluding hydrogens is 436 g/mol. The van der Waals surface area contributed by atoms with Gasteiger partial charge in [-0.2, -0.15) is 0 Å². The molecule has 6 nitrogen and oxygen atoms in total. The smallest absolute Gasteiger partial charge is 0.261 e. The Morgan fingerprint density at radius 2 is 1.82 bits per heavy atom. The second-order valence-electron chi connectivity index (χ2n) is 8.30. The van der Waals surface area contributed by atoms with Gasteiger partial charge in [0, 0.05) is 18.2 Å². The molecule has 1 aliphatic rings. The zero-order valence-electron chi connectivity index (χ0n) is 18.8. The number of nitrogens with one attached hydrogen (secondary N) is 1. The summed E-state index contributed by atoms with van der Waals surface area (Å²) in [5.41, 5.74) is 2.99. The number of rotatable bonds is 7. The average Bonchev–Trinajstić information content (AvgIpc) is 3.28. The van der Waals surface area contributed by atoms with Crippen LogP contribution in [0.25, 0.3) is 0 Å². The first kappa shape index (κ1) is 22.9. The van der Waals surface area contributed by atoms with Crippen LogP contribution in [0.1, 0.15) is 34.3 Å². The summed E-state index contributed by atoms with van der Waals surface area (Å²) in [6, 6.07) is 21.4. The highest BCUT2D eigenvalue weighted by Crippen LogP contribution is 2.26. The average molecular weight is 465 g/mol. The van der Waals surface area contributed by atoms with Gasteiger partial charge < -0.3 is 9.64 Å². The SMILES string of the molecule is COc1cccc(CC2CCCN2C(=O)c2ccc(S(=O)(=O)Nc3ccccc3C)cc2)c1. The number of benzene rings is 3. The van der Waals surface area contributed by atoms with E-state index in [0.717, 1.165) is 36.1 Å². The topological polar surface area (TPSA) is 75.7 Å². The number of aryl methyl sites for hydroxylation is 1. The molecule has 0 saturated carbocycles. The number of likely N-dealkylation sites (tertiary alicyclic amines) is 1. The van der Waals surface area contributed by atoms with Crippen LogP contribution in [-0.4, -0.2) is 38.9 Å². The van der Waals surface area contributed by atoms with E-state index in [2.05, 4.69) is 4.72 Å². The van der Waals surface area contributed by atoms with Gasteiger partial charge >= 0.3 is 0 Å². The molecule has 1 aliphatic heterocycles. The molecule has 0 aromatic heterocycles. The Morgan fingerprint density at radius 1 is 1.06 bits per heavy atom. The molecule has 1 amide bonds. The zero-order chi connectivity index (χ0) is 23.4. The van der Waals surface area contributed by atoms with Gasteiger partial charge in [0.05, 0.1) is 17.7 Å². The molecule has 0 radical (unpaired) electrons. The van der Waals surface area contributed by atoms with Crippen LogP contribution in [0, 0.1) is 6.92 Å². The van der Waals surface area contributed by atoms with Crippen molar-refractivity contribution in [3.05, 3.63) is 89.5 Å². The van der Waals surface area contributed by atoms with Gasteiger partial charge in [-0.25, -0.2) is 8.42 Å². The van der Waals surface area contributed by atoms with E-state index in [0.29, 0.717) is 17.8 Å². The summed E-state index contributed by atoms with van der Waals surface area (Å²) >= 11 is 0. The number of para-hydroxylation sites is 1. The fourth-order valence-corrected chi connectivity index (χ4v) is 5.35. The summed E-state index contributed by atoms with van der Waals surface area (Å²) in [6.07, 6.45) is 2.65. The van der Waals surface area contributed by atoms with Crippen LogP contribution in [0.15, 0.2) is 77.7 Å². The monoisotopic (exact) mass is 464 g/mol. The lowest BCUT2D eigenvalue weighted by Crippen LogP contribution is -2.36. The number of hydrogen-bond acceptors (Lipinski definition) is 4. The van der Waals surface area contributed by atoms with Gasteiger partial charge in [-0.15, -0.1) is 0 Å². The van der Waals surface area contributed by atoms with E-state index in [1.165, 1.54) is 12.1 Å². The quantitative estimate of drug-likeness (QED) is 0.552. The number of anilines is 1. The highest BCUT2D eigenvalue weighted by Gasteiger charge is 2.29. The van der Waals surface area contributed by atoms with E-state index in [1.807, 2.05) is 48.2 Å².